The summed E-state index contributed by atoms with van der Waals surface area (Å²) in [6, 6.07) is -2.43. The van der Waals surface area contributed by atoms with E-state index in [4.69, 9.17) is 25.4 Å². The van der Waals surface area contributed by atoms with Gasteiger partial charge in [0.05, 0.1) is 19.8 Å². The molecule has 0 aliphatic carbocycles. The van der Waals surface area contributed by atoms with Gasteiger partial charge in [-0.2, -0.15) is 0 Å². The maximum atomic E-state index is 12.2. The van der Waals surface area contributed by atoms with Crippen LogP contribution in [0.25, 0.3) is 0 Å². The molecule has 4 amide bonds. The molecule has 46 heavy (non-hydrogen) atoms. The maximum absolute atomic E-state index is 12.2. The van der Waals surface area contributed by atoms with Crippen LogP contribution in [0.4, 0.5) is 0 Å². The van der Waals surface area contributed by atoms with Gasteiger partial charge in [0.15, 0.2) is 0 Å². The third-order valence-corrected chi connectivity index (χ3v) is 6.82. The second-order valence-corrected chi connectivity index (χ2v) is 10.9. The van der Waals surface area contributed by atoms with Gasteiger partial charge in [-0.3, -0.25) is 24.0 Å². The van der Waals surface area contributed by atoms with Crippen LogP contribution in [0.2, 0.25) is 0 Å². The fourth-order valence-electron chi connectivity index (χ4n) is 4.29. The van der Waals surface area contributed by atoms with Gasteiger partial charge in [-0.25, -0.2) is 9.59 Å². The standard InChI is InChI=1S/C30H52N4O12/c31-24(35)15-13-22(29(41)42)34-27(38)21-46-20-19-45-18-17-32-25(36)16-14-23(30(43)44)33-26(37)11-9-7-5-3-1-2-4-6-8-10-12-28(39)40/h22-23H,1-21H2,(H2,31,35)(H,32,36)(H,33,37)(H,34,38)(H,39,40)(H,41,42)(H,43,44). The van der Waals surface area contributed by atoms with Crippen molar-refractivity contribution < 1.29 is 58.4 Å². The van der Waals surface area contributed by atoms with E-state index in [1.807, 2.05) is 0 Å². The Kier molecular flexibility index (Phi) is 25.2. The Balaban J connectivity index is 3.87. The molecule has 0 heterocycles. The van der Waals surface area contributed by atoms with Crippen LogP contribution in [0.15, 0.2) is 0 Å². The highest BCUT2D eigenvalue weighted by Crippen LogP contribution is 2.12. The Bertz CT molecular complexity index is 947. The van der Waals surface area contributed by atoms with Crippen molar-refractivity contribution in [1.82, 2.24) is 16.0 Å². The van der Waals surface area contributed by atoms with Crippen LogP contribution < -0.4 is 21.7 Å². The van der Waals surface area contributed by atoms with Crippen molar-refractivity contribution >= 4 is 41.5 Å². The Labute approximate surface area is 269 Å². The fraction of sp³-hybridized carbons (Fsp3) is 0.767. The largest absolute Gasteiger partial charge is 0.481 e. The van der Waals surface area contributed by atoms with Crippen molar-refractivity contribution in [2.75, 3.05) is 33.0 Å². The van der Waals surface area contributed by atoms with Crippen LogP contribution in [-0.2, 0) is 43.0 Å². The monoisotopic (exact) mass is 660 g/mol. The molecular weight excluding hydrogens is 608 g/mol. The van der Waals surface area contributed by atoms with Gasteiger partial charge in [-0.15, -0.1) is 0 Å². The van der Waals surface area contributed by atoms with E-state index in [9.17, 15) is 38.7 Å². The first-order valence-corrected chi connectivity index (χ1v) is 15.9. The minimum atomic E-state index is -1.30. The first kappa shape index (κ1) is 42.2. The van der Waals surface area contributed by atoms with Gasteiger partial charge in [-0.1, -0.05) is 51.4 Å². The zero-order valence-electron chi connectivity index (χ0n) is 26.6. The van der Waals surface area contributed by atoms with E-state index in [0.717, 1.165) is 57.8 Å². The van der Waals surface area contributed by atoms with Crippen molar-refractivity contribution in [3.8, 4) is 0 Å². The summed E-state index contributed by atoms with van der Waals surface area (Å²) in [5.74, 6) is -5.40. The highest BCUT2D eigenvalue weighted by atomic mass is 16.5. The number of hydrogen-bond acceptors (Lipinski definition) is 9. The van der Waals surface area contributed by atoms with Crippen molar-refractivity contribution in [1.29, 1.82) is 0 Å². The molecule has 0 aromatic rings. The van der Waals surface area contributed by atoms with Crippen LogP contribution >= 0.6 is 0 Å². The molecule has 0 aromatic carbocycles. The SMILES string of the molecule is NC(=O)CCC(NC(=O)COCCOCCNC(=O)CCC(NC(=O)CCCCCCCCCCCCC(=O)O)C(=O)O)C(=O)O. The summed E-state index contributed by atoms with van der Waals surface area (Å²) in [7, 11) is 0. The molecule has 0 saturated carbocycles. The molecule has 0 rings (SSSR count). The average molecular weight is 661 g/mol. The minimum Gasteiger partial charge on any atom is -0.481 e. The molecule has 16 nitrogen and oxygen atoms in total. The van der Waals surface area contributed by atoms with Crippen LogP contribution in [0.1, 0.15) is 103 Å². The predicted octanol–water partition coefficient (Wildman–Crippen LogP) is 1.09. The fourth-order valence-corrected chi connectivity index (χ4v) is 4.29. The number of carbonyl (C=O) groups excluding carboxylic acids is 4. The first-order chi connectivity index (χ1) is 21.9. The number of ether oxygens (including phenoxy) is 2. The Hall–Kier alpha value is -3.79. The van der Waals surface area contributed by atoms with Crippen molar-refractivity contribution in [2.24, 2.45) is 5.73 Å². The molecule has 0 aliphatic heterocycles. The van der Waals surface area contributed by atoms with Gasteiger partial charge in [0.25, 0.3) is 0 Å². The zero-order valence-corrected chi connectivity index (χ0v) is 26.6. The third-order valence-electron chi connectivity index (χ3n) is 6.82. The summed E-state index contributed by atoms with van der Waals surface area (Å²) in [5.41, 5.74) is 4.98. The zero-order chi connectivity index (χ0) is 34.6. The van der Waals surface area contributed by atoms with Gasteiger partial charge < -0.3 is 46.5 Å². The average Bonchev–Trinajstić information content (AvgIpc) is 2.98. The first-order valence-electron chi connectivity index (χ1n) is 15.9. The van der Waals surface area contributed by atoms with Gasteiger partial charge >= 0.3 is 17.9 Å². The Morgan fingerprint density at radius 1 is 0.543 bits per heavy atom. The summed E-state index contributed by atoms with van der Waals surface area (Å²) in [4.78, 5) is 80.0. The highest BCUT2D eigenvalue weighted by molar-refractivity contribution is 5.85. The van der Waals surface area contributed by atoms with Gasteiger partial charge in [0, 0.05) is 32.2 Å². The maximum Gasteiger partial charge on any atom is 0.326 e. The van der Waals surface area contributed by atoms with Gasteiger partial charge in [0.1, 0.15) is 18.7 Å². The summed E-state index contributed by atoms with van der Waals surface area (Å²) < 4.78 is 10.4. The number of carboxylic acid groups (broad SMARTS) is 3. The Morgan fingerprint density at radius 2 is 1.02 bits per heavy atom. The third kappa shape index (κ3) is 26.6. The van der Waals surface area contributed by atoms with Gasteiger partial charge in [-0.05, 0) is 25.7 Å². The molecule has 264 valence electrons. The lowest BCUT2D eigenvalue weighted by molar-refractivity contribution is -0.143. The number of nitrogens with two attached hydrogens (primary N) is 1. The number of unbranched alkanes of at least 4 members (excludes halogenated alkanes) is 9. The predicted molar refractivity (Wildman–Crippen MR) is 164 cm³/mol. The van der Waals surface area contributed by atoms with E-state index < -0.39 is 54.3 Å². The molecule has 0 fully saturated rings. The topological polar surface area (TPSA) is 261 Å². The lowest BCUT2D eigenvalue weighted by atomic mass is 10.0. The number of aliphatic carboxylic acids is 3. The number of carboxylic acids is 3. The van der Waals surface area contributed by atoms with Crippen LogP contribution in [-0.4, -0.2) is 102 Å². The van der Waals surface area contributed by atoms with E-state index in [2.05, 4.69) is 16.0 Å². The number of carbonyl (C=O) groups is 7. The lowest BCUT2D eigenvalue weighted by Crippen LogP contribution is -2.43. The molecule has 8 N–H and O–H groups in total. The molecule has 2 unspecified atom stereocenters. The summed E-state index contributed by atoms with van der Waals surface area (Å²) in [6.45, 7) is -0.0146. The molecule has 0 aliphatic rings. The molecule has 0 aromatic heterocycles. The smallest absolute Gasteiger partial charge is 0.326 e. The van der Waals surface area contributed by atoms with E-state index in [1.54, 1.807) is 0 Å². The molecule has 0 spiro atoms. The molecule has 2 atom stereocenters. The quantitative estimate of drug-likeness (QED) is 0.0515. The van der Waals surface area contributed by atoms with E-state index in [-0.39, 0.29) is 70.8 Å². The lowest BCUT2D eigenvalue weighted by Gasteiger charge is -2.14. The van der Waals surface area contributed by atoms with Crippen molar-refractivity contribution in [3.63, 3.8) is 0 Å². The van der Waals surface area contributed by atoms with E-state index in [1.165, 1.54) is 0 Å². The van der Waals surface area contributed by atoms with Gasteiger partial charge in [0.2, 0.25) is 23.6 Å². The summed E-state index contributed by atoms with van der Waals surface area (Å²) in [5, 5.41) is 34.4. The van der Waals surface area contributed by atoms with Crippen molar-refractivity contribution in [2.45, 2.75) is 115 Å². The molecular formula is C30H52N4O12. The number of primary amides is 1. The Morgan fingerprint density at radius 3 is 1.54 bits per heavy atom. The van der Waals surface area contributed by atoms with Crippen LogP contribution in [0.5, 0.6) is 0 Å². The number of rotatable bonds is 31. The van der Waals surface area contributed by atoms with E-state index >= 15 is 0 Å². The minimum absolute atomic E-state index is 0.0270. The number of amides is 4. The molecule has 0 saturated heterocycles. The second-order valence-electron chi connectivity index (χ2n) is 10.9. The van der Waals surface area contributed by atoms with Crippen LogP contribution in [0, 0.1) is 0 Å². The molecule has 0 radical (unpaired) electrons. The van der Waals surface area contributed by atoms with Crippen LogP contribution in [0.3, 0.4) is 0 Å². The summed E-state index contributed by atoms with van der Waals surface area (Å²) >= 11 is 0. The van der Waals surface area contributed by atoms with E-state index in [0.29, 0.717) is 6.42 Å². The normalized spacial score (nSPS) is 12.1. The van der Waals surface area contributed by atoms with Crippen molar-refractivity contribution in [3.05, 3.63) is 0 Å². The molecule has 16 heteroatoms. The number of nitrogens with one attached hydrogen (secondary N) is 3. The second kappa shape index (κ2) is 27.5. The molecule has 0 bridgehead atoms. The number of hydrogen-bond donors (Lipinski definition) is 7. The highest BCUT2D eigenvalue weighted by Gasteiger charge is 2.21. The summed E-state index contributed by atoms with van der Waals surface area (Å²) in [6.07, 6.45) is 9.48.